The Bertz CT molecular complexity index is 759. The number of pyridine rings is 1. The van der Waals surface area contributed by atoms with Gasteiger partial charge >= 0.3 is 0 Å². The van der Waals surface area contributed by atoms with Gasteiger partial charge in [0.05, 0.1) is 18.2 Å². The Balaban J connectivity index is 1.40. The van der Waals surface area contributed by atoms with E-state index in [1.807, 2.05) is 23.1 Å². The van der Waals surface area contributed by atoms with E-state index in [2.05, 4.69) is 16.4 Å². The Morgan fingerprint density at radius 1 is 1.33 bits per heavy atom. The van der Waals surface area contributed by atoms with Crippen LogP contribution in [-0.4, -0.2) is 39.7 Å². The Hall–Kier alpha value is -2.21. The van der Waals surface area contributed by atoms with Crippen molar-refractivity contribution < 1.29 is 9.59 Å². The van der Waals surface area contributed by atoms with Crippen molar-refractivity contribution in [3.63, 3.8) is 0 Å². The zero-order valence-electron chi connectivity index (χ0n) is 13.4. The summed E-state index contributed by atoms with van der Waals surface area (Å²) in [7, 11) is 0. The number of thiophene rings is 1. The van der Waals surface area contributed by atoms with E-state index < -0.39 is 0 Å². The molecule has 2 aromatic rings. The first-order chi connectivity index (χ1) is 11.7. The predicted molar refractivity (Wildman–Crippen MR) is 91.2 cm³/mol. The van der Waals surface area contributed by atoms with Gasteiger partial charge in [-0.1, -0.05) is 6.07 Å². The lowest BCUT2D eigenvalue weighted by Crippen LogP contribution is -2.40. The molecule has 2 aliphatic heterocycles. The van der Waals surface area contributed by atoms with Crippen LogP contribution >= 0.6 is 11.3 Å². The summed E-state index contributed by atoms with van der Waals surface area (Å²) < 4.78 is 0. The first kappa shape index (κ1) is 15.3. The Morgan fingerprint density at radius 3 is 3.08 bits per heavy atom. The molecule has 1 saturated heterocycles. The highest BCUT2D eigenvalue weighted by molar-refractivity contribution is 7.10. The van der Waals surface area contributed by atoms with Crippen LogP contribution in [0.3, 0.4) is 0 Å². The van der Waals surface area contributed by atoms with Crippen molar-refractivity contribution in [2.75, 3.05) is 13.1 Å². The summed E-state index contributed by atoms with van der Waals surface area (Å²) in [4.78, 5) is 34.4. The van der Waals surface area contributed by atoms with Crippen molar-refractivity contribution in [3.05, 3.63) is 52.0 Å². The van der Waals surface area contributed by atoms with Gasteiger partial charge in [0.15, 0.2) is 0 Å². The Labute approximate surface area is 144 Å². The fourth-order valence-electron chi connectivity index (χ4n) is 3.47. The quantitative estimate of drug-likeness (QED) is 0.859. The molecule has 0 spiro atoms. The van der Waals surface area contributed by atoms with E-state index in [4.69, 9.17) is 0 Å². The van der Waals surface area contributed by atoms with Gasteiger partial charge in [-0.25, -0.2) is 0 Å². The molecule has 124 valence electrons. The van der Waals surface area contributed by atoms with Crippen LogP contribution in [0.2, 0.25) is 0 Å². The monoisotopic (exact) mass is 341 g/mol. The van der Waals surface area contributed by atoms with Crippen LogP contribution < -0.4 is 0 Å². The molecule has 2 aromatic heterocycles. The van der Waals surface area contributed by atoms with Crippen LogP contribution in [0, 0.1) is 5.92 Å². The van der Waals surface area contributed by atoms with Crippen LogP contribution in [0.25, 0.3) is 0 Å². The second-order valence-electron chi connectivity index (χ2n) is 6.38. The molecule has 4 heterocycles. The van der Waals surface area contributed by atoms with Gasteiger partial charge in [0.25, 0.3) is 0 Å². The normalized spacial score (nSPS) is 20.3. The van der Waals surface area contributed by atoms with Gasteiger partial charge in [-0.05, 0) is 35.6 Å². The first-order valence-corrected chi connectivity index (χ1v) is 9.10. The van der Waals surface area contributed by atoms with Crippen molar-refractivity contribution in [1.29, 1.82) is 0 Å². The molecule has 0 bridgehead atoms. The number of aromatic nitrogens is 1. The number of hydrogen-bond acceptors (Lipinski definition) is 4. The number of amides is 2. The zero-order chi connectivity index (χ0) is 16.5. The molecule has 5 nitrogen and oxygen atoms in total. The zero-order valence-corrected chi connectivity index (χ0v) is 14.2. The van der Waals surface area contributed by atoms with Gasteiger partial charge in [0, 0.05) is 37.1 Å². The number of hydrogen-bond donors (Lipinski definition) is 0. The Kier molecular flexibility index (Phi) is 4.06. The number of likely N-dealkylation sites (tertiary alicyclic amines) is 1. The molecule has 24 heavy (non-hydrogen) atoms. The standard InChI is InChI=1S/C18H19N3O2S/c22-17-9-14(11-21(17)12-15-3-1-2-6-19-15)18(23)20-7-4-16-13(10-20)5-8-24-16/h1-3,5-6,8,14H,4,7,9-12H2. The third-order valence-electron chi connectivity index (χ3n) is 4.76. The topological polar surface area (TPSA) is 53.5 Å². The summed E-state index contributed by atoms with van der Waals surface area (Å²) in [6, 6.07) is 7.78. The maximum Gasteiger partial charge on any atom is 0.228 e. The molecular weight excluding hydrogens is 322 g/mol. The molecule has 0 aliphatic carbocycles. The summed E-state index contributed by atoms with van der Waals surface area (Å²) in [5.74, 6) is -0.0580. The predicted octanol–water partition coefficient (Wildman–Crippen LogP) is 2.08. The number of carbonyl (C=O) groups is 2. The molecule has 0 saturated carbocycles. The summed E-state index contributed by atoms with van der Waals surface area (Å²) in [5, 5.41) is 2.09. The third-order valence-corrected chi connectivity index (χ3v) is 5.79. The highest BCUT2D eigenvalue weighted by Gasteiger charge is 2.37. The smallest absolute Gasteiger partial charge is 0.228 e. The Morgan fingerprint density at radius 2 is 2.25 bits per heavy atom. The molecule has 0 radical (unpaired) electrons. The number of carbonyl (C=O) groups excluding carboxylic acids is 2. The molecule has 1 unspecified atom stereocenters. The third kappa shape index (κ3) is 2.94. The van der Waals surface area contributed by atoms with E-state index in [9.17, 15) is 9.59 Å². The van der Waals surface area contributed by atoms with Gasteiger partial charge in [0.2, 0.25) is 11.8 Å². The molecule has 2 aliphatic rings. The van der Waals surface area contributed by atoms with Crippen LogP contribution in [0.15, 0.2) is 35.8 Å². The van der Waals surface area contributed by atoms with Crippen LogP contribution in [0.5, 0.6) is 0 Å². The minimum atomic E-state index is -0.221. The molecular formula is C18H19N3O2S. The second-order valence-corrected chi connectivity index (χ2v) is 7.38. The average Bonchev–Trinajstić information content (AvgIpc) is 3.21. The van der Waals surface area contributed by atoms with E-state index in [0.29, 0.717) is 26.1 Å². The van der Waals surface area contributed by atoms with Crippen molar-refractivity contribution in [2.24, 2.45) is 5.92 Å². The van der Waals surface area contributed by atoms with Crippen molar-refractivity contribution in [3.8, 4) is 0 Å². The van der Waals surface area contributed by atoms with E-state index >= 15 is 0 Å². The van der Waals surface area contributed by atoms with E-state index in [-0.39, 0.29) is 17.7 Å². The molecule has 0 aromatic carbocycles. The maximum atomic E-state index is 12.8. The molecule has 4 rings (SSSR count). The average molecular weight is 341 g/mol. The van der Waals surface area contributed by atoms with E-state index in [1.54, 1.807) is 22.4 Å². The SMILES string of the molecule is O=C1CC(C(=O)N2CCc3sccc3C2)CN1Cc1ccccn1. The fourth-order valence-corrected chi connectivity index (χ4v) is 4.36. The van der Waals surface area contributed by atoms with Crippen molar-refractivity contribution in [2.45, 2.75) is 25.9 Å². The largest absolute Gasteiger partial charge is 0.338 e. The lowest BCUT2D eigenvalue weighted by molar-refractivity contribution is -0.136. The van der Waals surface area contributed by atoms with Gasteiger partial charge < -0.3 is 9.80 Å². The second kappa shape index (κ2) is 6.36. The number of nitrogens with zero attached hydrogens (tertiary/aromatic N) is 3. The summed E-state index contributed by atoms with van der Waals surface area (Å²) in [6.07, 6.45) is 2.97. The summed E-state index contributed by atoms with van der Waals surface area (Å²) in [5.41, 5.74) is 2.12. The molecule has 1 atom stereocenters. The molecule has 1 fully saturated rings. The van der Waals surface area contributed by atoms with Crippen LogP contribution in [-0.2, 0) is 29.1 Å². The van der Waals surface area contributed by atoms with E-state index in [1.165, 1.54) is 10.4 Å². The van der Waals surface area contributed by atoms with Gasteiger partial charge in [0.1, 0.15) is 0 Å². The summed E-state index contributed by atoms with van der Waals surface area (Å²) in [6.45, 7) is 2.43. The van der Waals surface area contributed by atoms with Crippen molar-refractivity contribution >= 4 is 23.2 Å². The fraction of sp³-hybridized carbons (Fsp3) is 0.389. The number of fused-ring (bicyclic) bond motifs is 1. The maximum absolute atomic E-state index is 12.8. The minimum Gasteiger partial charge on any atom is -0.338 e. The summed E-state index contributed by atoms with van der Waals surface area (Å²) >= 11 is 1.77. The number of rotatable bonds is 3. The van der Waals surface area contributed by atoms with Crippen LogP contribution in [0.4, 0.5) is 0 Å². The van der Waals surface area contributed by atoms with Crippen LogP contribution in [0.1, 0.15) is 22.6 Å². The van der Waals surface area contributed by atoms with Gasteiger partial charge in [-0.2, -0.15) is 0 Å². The minimum absolute atomic E-state index is 0.0484. The highest BCUT2D eigenvalue weighted by Crippen LogP contribution is 2.27. The molecule has 2 amide bonds. The molecule has 0 N–H and O–H groups in total. The van der Waals surface area contributed by atoms with Gasteiger partial charge in [-0.15, -0.1) is 11.3 Å². The molecule has 6 heteroatoms. The highest BCUT2D eigenvalue weighted by atomic mass is 32.1. The van der Waals surface area contributed by atoms with E-state index in [0.717, 1.165) is 18.7 Å². The lowest BCUT2D eigenvalue weighted by atomic mass is 10.0. The van der Waals surface area contributed by atoms with Crippen molar-refractivity contribution in [1.82, 2.24) is 14.8 Å². The van der Waals surface area contributed by atoms with Gasteiger partial charge in [-0.3, -0.25) is 14.6 Å². The first-order valence-electron chi connectivity index (χ1n) is 8.22. The lowest BCUT2D eigenvalue weighted by Gasteiger charge is -2.29.